The molecule has 2 aromatic rings. The molecule has 186 valence electrons. The molecule has 10 heteroatoms. The minimum Gasteiger partial charge on any atom is -0.356 e. The van der Waals surface area contributed by atoms with Crippen LogP contribution in [0.5, 0.6) is 0 Å². The summed E-state index contributed by atoms with van der Waals surface area (Å²) in [6, 6.07) is 14.9. The van der Waals surface area contributed by atoms with Gasteiger partial charge in [0.2, 0.25) is 24.2 Å². The zero-order valence-corrected chi connectivity index (χ0v) is 22.5. The Balaban J connectivity index is 2.18. The van der Waals surface area contributed by atoms with Crippen LogP contribution in [0, 0.1) is 0 Å². The van der Waals surface area contributed by atoms with Gasteiger partial charge in [0, 0.05) is 13.5 Å². The average Bonchev–Trinajstić information content (AvgIpc) is 2.76. The summed E-state index contributed by atoms with van der Waals surface area (Å²) in [5.74, 6) is -0.879. The number of hydroxylamine groups is 1. The summed E-state index contributed by atoms with van der Waals surface area (Å²) >= 11 is 0. The summed E-state index contributed by atoms with van der Waals surface area (Å²) < 4.78 is 34.3. The fourth-order valence-electron chi connectivity index (χ4n) is 2.75. The second-order valence-corrected chi connectivity index (χ2v) is 16.1. The summed E-state index contributed by atoms with van der Waals surface area (Å²) in [6.07, 6.45) is 0.0631. The molecule has 2 aromatic carbocycles. The van der Waals surface area contributed by atoms with Gasteiger partial charge in [-0.3, -0.25) is 9.59 Å². The Morgan fingerprint density at radius 1 is 0.971 bits per heavy atom. The lowest BCUT2D eigenvalue weighted by Crippen LogP contribution is -2.52. The first-order valence-electron chi connectivity index (χ1n) is 11.1. The van der Waals surface area contributed by atoms with Crippen LogP contribution < -0.4 is 15.5 Å². The van der Waals surface area contributed by atoms with E-state index in [1.54, 1.807) is 12.1 Å². The van der Waals surface area contributed by atoms with E-state index < -0.39 is 30.3 Å². The molecule has 8 nitrogen and oxygen atoms in total. The quantitative estimate of drug-likeness (QED) is 0.337. The molecule has 1 atom stereocenters. The fourth-order valence-corrected chi connectivity index (χ4v) is 4.64. The van der Waals surface area contributed by atoms with E-state index in [4.69, 9.17) is 4.53 Å². The molecular formula is C24H35N3O5SSi. The number of rotatable bonds is 10. The van der Waals surface area contributed by atoms with Gasteiger partial charge in [-0.25, -0.2) is 13.9 Å². The highest BCUT2D eigenvalue weighted by atomic mass is 32.2. The summed E-state index contributed by atoms with van der Waals surface area (Å²) in [4.78, 5) is 24.2. The maximum atomic E-state index is 13.0. The van der Waals surface area contributed by atoms with Crippen molar-refractivity contribution in [2.24, 2.45) is 0 Å². The van der Waals surface area contributed by atoms with E-state index in [-0.39, 0.29) is 28.8 Å². The predicted molar refractivity (Wildman–Crippen MR) is 136 cm³/mol. The van der Waals surface area contributed by atoms with Crippen LogP contribution in [0.25, 0.3) is 11.1 Å². The molecule has 0 fully saturated rings. The largest absolute Gasteiger partial charge is 0.356 e. The molecule has 0 spiro atoms. The molecule has 0 saturated heterocycles. The van der Waals surface area contributed by atoms with E-state index in [1.807, 2.05) is 64.2 Å². The van der Waals surface area contributed by atoms with Crippen LogP contribution >= 0.6 is 0 Å². The van der Waals surface area contributed by atoms with E-state index in [2.05, 4.69) is 15.5 Å². The van der Waals surface area contributed by atoms with Crippen molar-refractivity contribution in [2.75, 3.05) is 6.54 Å². The first-order chi connectivity index (χ1) is 15.7. The van der Waals surface area contributed by atoms with Crippen molar-refractivity contribution in [3.8, 4) is 11.1 Å². The Hall–Kier alpha value is -2.53. The van der Waals surface area contributed by atoms with Crippen LogP contribution in [-0.4, -0.2) is 41.1 Å². The van der Waals surface area contributed by atoms with Crippen LogP contribution in [0.15, 0.2) is 59.5 Å². The molecule has 0 radical (unpaired) electrons. The number of carbonyl (C=O) groups excluding carboxylic acids is 2. The second-order valence-electron chi connectivity index (χ2n) is 9.66. The SMILES string of the molecule is CC(=O)NCC[C@@H](NS(=O)(=O)c1ccc(-c2ccccc2)cc1)C(=O)NO[Si](C)(C)C(C)(C)C. The number of amides is 2. The Labute approximate surface area is 203 Å². The smallest absolute Gasteiger partial charge is 0.260 e. The monoisotopic (exact) mass is 505 g/mol. The van der Waals surface area contributed by atoms with Crippen molar-refractivity contribution in [1.29, 1.82) is 0 Å². The summed E-state index contributed by atoms with van der Waals surface area (Å²) in [5.41, 5.74) is 4.30. The highest BCUT2D eigenvalue weighted by Crippen LogP contribution is 2.35. The van der Waals surface area contributed by atoms with Gasteiger partial charge in [-0.1, -0.05) is 63.2 Å². The number of hydrogen-bond donors (Lipinski definition) is 3. The molecule has 0 aromatic heterocycles. The molecule has 0 aliphatic heterocycles. The van der Waals surface area contributed by atoms with Gasteiger partial charge in [-0.2, -0.15) is 4.72 Å². The molecular weight excluding hydrogens is 470 g/mol. The van der Waals surface area contributed by atoms with Gasteiger partial charge in [0.25, 0.3) is 5.91 Å². The van der Waals surface area contributed by atoms with Gasteiger partial charge in [-0.05, 0) is 47.8 Å². The molecule has 0 bridgehead atoms. The molecule has 0 aliphatic rings. The number of sulfonamides is 1. The minimum atomic E-state index is -4.00. The summed E-state index contributed by atoms with van der Waals surface area (Å²) in [7, 11) is -6.31. The molecule has 0 unspecified atom stereocenters. The highest BCUT2D eigenvalue weighted by Gasteiger charge is 2.39. The Morgan fingerprint density at radius 2 is 1.53 bits per heavy atom. The van der Waals surface area contributed by atoms with E-state index in [9.17, 15) is 18.0 Å². The van der Waals surface area contributed by atoms with Gasteiger partial charge < -0.3 is 9.84 Å². The Bertz CT molecular complexity index is 1080. The van der Waals surface area contributed by atoms with Gasteiger partial charge in [0.15, 0.2) is 0 Å². The first kappa shape index (κ1) is 27.7. The highest BCUT2D eigenvalue weighted by molar-refractivity contribution is 7.89. The Morgan fingerprint density at radius 3 is 2.06 bits per heavy atom. The number of carbonyl (C=O) groups is 2. The van der Waals surface area contributed by atoms with E-state index in [1.165, 1.54) is 19.1 Å². The number of nitrogens with one attached hydrogen (secondary N) is 3. The lowest BCUT2D eigenvalue weighted by Gasteiger charge is -2.35. The van der Waals surface area contributed by atoms with Crippen molar-refractivity contribution < 1.29 is 22.5 Å². The third kappa shape index (κ3) is 7.76. The molecule has 3 N–H and O–H groups in total. The first-order valence-corrected chi connectivity index (χ1v) is 15.5. The lowest BCUT2D eigenvalue weighted by atomic mass is 10.1. The van der Waals surface area contributed by atoms with Gasteiger partial charge in [0.1, 0.15) is 6.04 Å². The lowest BCUT2D eigenvalue weighted by molar-refractivity contribution is -0.130. The molecule has 34 heavy (non-hydrogen) atoms. The summed E-state index contributed by atoms with van der Waals surface area (Å²) in [5, 5.41) is 2.45. The van der Waals surface area contributed by atoms with Crippen LogP contribution in [0.4, 0.5) is 0 Å². The molecule has 2 amide bonds. The minimum absolute atomic E-state index is 0.0369. The third-order valence-electron chi connectivity index (χ3n) is 5.91. The maximum Gasteiger partial charge on any atom is 0.260 e. The number of hydrogen-bond acceptors (Lipinski definition) is 5. The molecule has 0 aliphatic carbocycles. The molecule has 0 saturated carbocycles. The zero-order chi connectivity index (χ0) is 25.6. The van der Waals surface area contributed by atoms with Crippen molar-refractivity contribution in [1.82, 2.24) is 15.5 Å². The van der Waals surface area contributed by atoms with Gasteiger partial charge >= 0.3 is 0 Å². The van der Waals surface area contributed by atoms with Crippen molar-refractivity contribution >= 4 is 30.2 Å². The topological polar surface area (TPSA) is 114 Å². The maximum absolute atomic E-state index is 13.0. The van der Waals surface area contributed by atoms with Gasteiger partial charge in [-0.15, -0.1) is 0 Å². The third-order valence-corrected chi connectivity index (χ3v) is 11.6. The van der Waals surface area contributed by atoms with Crippen molar-refractivity contribution in [3.05, 3.63) is 54.6 Å². The fraction of sp³-hybridized carbons (Fsp3) is 0.417. The van der Waals surface area contributed by atoms with Crippen molar-refractivity contribution in [2.45, 2.75) is 63.2 Å². The number of benzene rings is 2. The van der Waals surface area contributed by atoms with E-state index in [0.717, 1.165) is 11.1 Å². The van der Waals surface area contributed by atoms with Crippen LogP contribution in [0.2, 0.25) is 18.1 Å². The van der Waals surface area contributed by atoms with E-state index in [0.29, 0.717) is 0 Å². The van der Waals surface area contributed by atoms with Crippen LogP contribution in [-0.2, 0) is 24.1 Å². The summed E-state index contributed by atoms with van der Waals surface area (Å²) in [6.45, 7) is 11.5. The second kappa shape index (κ2) is 11.3. The van der Waals surface area contributed by atoms with Crippen molar-refractivity contribution in [3.63, 3.8) is 0 Å². The molecule has 2 rings (SSSR count). The van der Waals surface area contributed by atoms with Gasteiger partial charge in [0.05, 0.1) is 4.90 Å². The predicted octanol–water partition coefficient (Wildman–Crippen LogP) is 3.58. The van der Waals surface area contributed by atoms with E-state index >= 15 is 0 Å². The van der Waals surface area contributed by atoms with Crippen LogP contribution in [0.3, 0.4) is 0 Å². The standard InChI is InChI=1S/C24H35N3O5SSi/c1-18(28)25-17-16-22(23(29)26-32-34(5,6)24(2,3)4)27-33(30,31)21-14-12-20(13-15-21)19-10-8-7-9-11-19/h7-15,22,27H,16-17H2,1-6H3,(H,25,28)(H,26,29)/t22-/m1/s1. The average molecular weight is 506 g/mol. The molecule has 0 heterocycles. The zero-order valence-electron chi connectivity index (χ0n) is 20.6. The normalized spacial score (nSPS) is 13.2. The Kier molecular flexibility index (Phi) is 9.18. The van der Waals surface area contributed by atoms with Crippen LogP contribution in [0.1, 0.15) is 34.1 Å².